The zero-order valence-electron chi connectivity index (χ0n) is 11.6. The number of rotatable bonds is 5. The van der Waals surface area contributed by atoms with Crippen molar-refractivity contribution in [1.29, 1.82) is 0 Å². The van der Waals surface area contributed by atoms with Crippen LogP contribution in [0.1, 0.15) is 26.2 Å². The van der Waals surface area contributed by atoms with E-state index in [-0.39, 0.29) is 0 Å². The van der Waals surface area contributed by atoms with E-state index in [1.54, 1.807) is 18.1 Å². The lowest BCUT2D eigenvalue weighted by Crippen LogP contribution is -2.17. The number of nitrogens with zero attached hydrogens (tertiary/aromatic N) is 3. The van der Waals surface area contributed by atoms with Gasteiger partial charge in [0.15, 0.2) is 5.65 Å². The van der Waals surface area contributed by atoms with Crippen molar-refractivity contribution in [1.82, 2.24) is 19.9 Å². The number of nitrogens with one attached hydrogen (secondary N) is 2. The smallest absolute Gasteiger partial charge is 0.225 e. The van der Waals surface area contributed by atoms with Gasteiger partial charge in [-0.05, 0) is 19.3 Å². The van der Waals surface area contributed by atoms with E-state index in [9.17, 15) is 0 Å². The van der Waals surface area contributed by atoms with Crippen LogP contribution >= 0.6 is 11.8 Å². The second kappa shape index (κ2) is 6.41. The number of ether oxygens (including phenoxy) is 1. The number of hydrogen-bond donors (Lipinski definition) is 2. The Morgan fingerprint density at radius 2 is 2.25 bits per heavy atom. The quantitative estimate of drug-likeness (QED) is 0.825. The Hall–Kier alpha value is -1.34. The number of hydrogen-bond acceptors (Lipinski definition) is 6. The van der Waals surface area contributed by atoms with Crippen LogP contribution in [0.4, 0.5) is 5.95 Å². The molecule has 0 atom stereocenters. The van der Waals surface area contributed by atoms with E-state index in [2.05, 4.69) is 32.2 Å². The molecule has 0 spiro atoms. The summed E-state index contributed by atoms with van der Waals surface area (Å²) in [6, 6.07) is 0. The molecule has 6 nitrogen and oxygen atoms in total. The molecule has 0 aliphatic carbocycles. The van der Waals surface area contributed by atoms with Gasteiger partial charge in [-0.1, -0.05) is 6.92 Å². The lowest BCUT2D eigenvalue weighted by atomic mass is 10.2. The third-order valence-electron chi connectivity index (χ3n) is 3.23. The minimum atomic E-state index is 0.559. The number of aromatic amines is 1. The van der Waals surface area contributed by atoms with E-state index in [0.717, 1.165) is 55.2 Å². The van der Waals surface area contributed by atoms with Gasteiger partial charge in [0.25, 0.3) is 0 Å². The summed E-state index contributed by atoms with van der Waals surface area (Å²) in [6.45, 7) is 4.68. The van der Waals surface area contributed by atoms with Gasteiger partial charge in [0.05, 0.1) is 6.33 Å². The first-order valence-electron chi connectivity index (χ1n) is 7.06. The van der Waals surface area contributed by atoms with Gasteiger partial charge >= 0.3 is 0 Å². The first kappa shape index (κ1) is 13.6. The molecule has 2 aromatic rings. The predicted molar refractivity (Wildman–Crippen MR) is 80.2 cm³/mol. The van der Waals surface area contributed by atoms with Crippen molar-refractivity contribution in [3.63, 3.8) is 0 Å². The van der Waals surface area contributed by atoms with Crippen LogP contribution < -0.4 is 5.32 Å². The average molecular weight is 293 g/mol. The molecule has 0 saturated carbocycles. The number of H-pyrrole nitrogens is 1. The Balaban J connectivity index is 1.84. The van der Waals surface area contributed by atoms with Crippen molar-refractivity contribution < 1.29 is 4.74 Å². The number of anilines is 1. The van der Waals surface area contributed by atoms with Crippen LogP contribution in [0, 0.1) is 0 Å². The molecule has 2 aromatic heterocycles. The molecule has 3 rings (SSSR count). The summed E-state index contributed by atoms with van der Waals surface area (Å²) >= 11 is 1.80. The fourth-order valence-corrected chi connectivity index (χ4v) is 3.31. The summed E-state index contributed by atoms with van der Waals surface area (Å²) in [5.74, 6) is 0.668. The SMILES string of the molecule is CCCNc1nc(SC2CCOCC2)c2[nH]cnc2n1. The highest BCUT2D eigenvalue weighted by Gasteiger charge is 2.19. The van der Waals surface area contributed by atoms with Crippen molar-refractivity contribution in [2.75, 3.05) is 25.1 Å². The van der Waals surface area contributed by atoms with Crippen molar-refractivity contribution in [2.24, 2.45) is 0 Å². The third kappa shape index (κ3) is 3.04. The van der Waals surface area contributed by atoms with Gasteiger partial charge < -0.3 is 15.0 Å². The molecule has 3 heterocycles. The minimum Gasteiger partial charge on any atom is -0.381 e. The minimum absolute atomic E-state index is 0.559. The van der Waals surface area contributed by atoms with Gasteiger partial charge in [-0.3, -0.25) is 0 Å². The largest absolute Gasteiger partial charge is 0.381 e. The number of imidazole rings is 1. The first-order valence-corrected chi connectivity index (χ1v) is 7.94. The van der Waals surface area contributed by atoms with E-state index in [1.807, 2.05) is 0 Å². The maximum absolute atomic E-state index is 5.41. The van der Waals surface area contributed by atoms with E-state index < -0.39 is 0 Å². The summed E-state index contributed by atoms with van der Waals surface area (Å²) < 4.78 is 5.41. The molecule has 0 amide bonds. The fraction of sp³-hybridized carbons (Fsp3) is 0.615. The van der Waals surface area contributed by atoms with Crippen molar-refractivity contribution in [2.45, 2.75) is 36.5 Å². The summed E-state index contributed by atoms with van der Waals surface area (Å²) in [5.41, 5.74) is 1.66. The van der Waals surface area contributed by atoms with Gasteiger partial charge in [0.2, 0.25) is 5.95 Å². The van der Waals surface area contributed by atoms with Crippen molar-refractivity contribution >= 4 is 28.9 Å². The van der Waals surface area contributed by atoms with E-state index >= 15 is 0 Å². The molecule has 7 heteroatoms. The van der Waals surface area contributed by atoms with Crippen LogP contribution in [0.15, 0.2) is 11.4 Å². The molecule has 1 fully saturated rings. The second-order valence-electron chi connectivity index (χ2n) is 4.81. The molecule has 0 radical (unpaired) electrons. The highest BCUT2D eigenvalue weighted by molar-refractivity contribution is 8.00. The topological polar surface area (TPSA) is 75.7 Å². The normalized spacial score (nSPS) is 16.6. The summed E-state index contributed by atoms with van der Waals surface area (Å²) in [4.78, 5) is 16.5. The van der Waals surface area contributed by atoms with E-state index in [0.29, 0.717) is 11.2 Å². The van der Waals surface area contributed by atoms with Crippen LogP contribution in [-0.4, -0.2) is 44.9 Å². The van der Waals surface area contributed by atoms with Gasteiger partial charge in [-0.2, -0.15) is 4.98 Å². The number of fused-ring (bicyclic) bond motifs is 1. The molecular formula is C13H19N5OS. The highest BCUT2D eigenvalue weighted by atomic mass is 32.2. The molecule has 0 aromatic carbocycles. The summed E-state index contributed by atoms with van der Waals surface area (Å²) in [7, 11) is 0. The molecular weight excluding hydrogens is 274 g/mol. The molecule has 1 aliphatic rings. The molecule has 2 N–H and O–H groups in total. The zero-order valence-corrected chi connectivity index (χ0v) is 12.4. The Bertz CT molecular complexity index is 567. The fourth-order valence-electron chi connectivity index (χ4n) is 2.16. The maximum Gasteiger partial charge on any atom is 0.225 e. The Labute approximate surface area is 122 Å². The number of thioether (sulfide) groups is 1. The molecule has 1 saturated heterocycles. The third-order valence-corrected chi connectivity index (χ3v) is 4.56. The summed E-state index contributed by atoms with van der Waals surface area (Å²) in [5, 5.41) is 4.78. The Morgan fingerprint density at radius 3 is 3.05 bits per heavy atom. The number of aromatic nitrogens is 4. The van der Waals surface area contributed by atoms with Gasteiger partial charge in [-0.25, -0.2) is 9.97 Å². The average Bonchev–Trinajstić information content (AvgIpc) is 2.95. The Morgan fingerprint density at radius 1 is 1.40 bits per heavy atom. The van der Waals surface area contributed by atoms with E-state index in [1.165, 1.54) is 0 Å². The van der Waals surface area contributed by atoms with Crippen LogP contribution in [0.5, 0.6) is 0 Å². The van der Waals surface area contributed by atoms with Gasteiger partial charge in [0.1, 0.15) is 10.5 Å². The molecule has 108 valence electrons. The van der Waals surface area contributed by atoms with E-state index in [4.69, 9.17) is 4.74 Å². The lowest BCUT2D eigenvalue weighted by molar-refractivity contribution is 0.1000. The van der Waals surface area contributed by atoms with Crippen LogP contribution in [0.25, 0.3) is 11.2 Å². The monoisotopic (exact) mass is 293 g/mol. The van der Waals surface area contributed by atoms with Crippen LogP contribution in [0.2, 0.25) is 0 Å². The van der Waals surface area contributed by atoms with Crippen molar-refractivity contribution in [3.05, 3.63) is 6.33 Å². The molecule has 1 aliphatic heterocycles. The highest BCUT2D eigenvalue weighted by Crippen LogP contribution is 2.32. The first-order chi connectivity index (χ1) is 9.86. The standard InChI is InChI=1S/C13H19N5OS/c1-2-5-14-13-17-11-10(15-8-16-11)12(18-13)20-9-3-6-19-7-4-9/h8-9H,2-7H2,1H3,(H2,14,15,16,17,18). The zero-order chi connectivity index (χ0) is 13.8. The predicted octanol–water partition coefficient (Wildman–Crippen LogP) is 2.45. The van der Waals surface area contributed by atoms with Crippen molar-refractivity contribution in [3.8, 4) is 0 Å². The van der Waals surface area contributed by atoms with Crippen LogP contribution in [-0.2, 0) is 4.74 Å². The second-order valence-corrected chi connectivity index (χ2v) is 6.10. The Kier molecular flexibility index (Phi) is 4.37. The van der Waals surface area contributed by atoms with Gasteiger partial charge in [0, 0.05) is 25.0 Å². The molecule has 0 unspecified atom stereocenters. The van der Waals surface area contributed by atoms with Gasteiger partial charge in [-0.15, -0.1) is 11.8 Å². The maximum atomic E-state index is 5.41. The molecule has 20 heavy (non-hydrogen) atoms. The van der Waals surface area contributed by atoms with Crippen LogP contribution in [0.3, 0.4) is 0 Å². The molecule has 0 bridgehead atoms. The summed E-state index contributed by atoms with van der Waals surface area (Å²) in [6.07, 6.45) is 4.87. The lowest BCUT2D eigenvalue weighted by Gasteiger charge is -2.21.